The molecule has 0 fully saturated rings. The van der Waals surface area contributed by atoms with E-state index in [1.54, 1.807) is 0 Å². The number of fused-ring (bicyclic) bond motifs is 3. The summed E-state index contributed by atoms with van der Waals surface area (Å²) in [5.74, 6) is 0.845. The molecule has 0 amide bonds. The summed E-state index contributed by atoms with van der Waals surface area (Å²) in [7, 11) is 1.98. The van der Waals surface area contributed by atoms with Crippen molar-refractivity contribution in [1.82, 2.24) is 19.2 Å². The summed E-state index contributed by atoms with van der Waals surface area (Å²) < 4.78 is 4.74. The number of rotatable bonds is 0. The summed E-state index contributed by atoms with van der Waals surface area (Å²) in [5.41, 5.74) is 2.26. The van der Waals surface area contributed by atoms with Crippen LogP contribution in [0.3, 0.4) is 0 Å². The van der Waals surface area contributed by atoms with Crippen molar-refractivity contribution in [2.45, 2.75) is 0 Å². The molecular formula is C9H7BrN4. The van der Waals surface area contributed by atoms with Crippen LogP contribution in [-0.4, -0.2) is 19.2 Å². The topological polar surface area (TPSA) is 35.1 Å². The Morgan fingerprint density at radius 3 is 2.64 bits per heavy atom. The minimum Gasteiger partial charge on any atom is -0.311 e. The maximum atomic E-state index is 4.08. The third-order valence-electron chi connectivity index (χ3n) is 2.39. The van der Waals surface area contributed by atoms with Gasteiger partial charge in [0.25, 0.3) is 0 Å². The first kappa shape index (κ1) is 7.99. The number of nitrogens with zero attached hydrogens (tertiary/aromatic N) is 4. The van der Waals surface area contributed by atoms with Crippen LogP contribution in [0.2, 0.25) is 0 Å². The van der Waals surface area contributed by atoms with Crippen LogP contribution in [0.25, 0.3) is 16.8 Å². The fraction of sp³-hybridized carbons (Fsp3) is 0.111. The molecule has 1 aromatic carbocycles. The average Bonchev–Trinajstić information content (AvgIpc) is 2.70. The van der Waals surface area contributed by atoms with Gasteiger partial charge in [-0.1, -0.05) is 12.1 Å². The van der Waals surface area contributed by atoms with E-state index in [0.29, 0.717) is 0 Å². The Bertz CT molecular complexity index is 622. The summed E-state index contributed by atoms with van der Waals surface area (Å²) in [6, 6.07) is 8.14. The zero-order valence-corrected chi connectivity index (χ0v) is 9.06. The molecule has 0 spiro atoms. The lowest BCUT2D eigenvalue weighted by Crippen LogP contribution is -1.87. The van der Waals surface area contributed by atoms with Crippen LogP contribution < -0.4 is 0 Å². The van der Waals surface area contributed by atoms with Gasteiger partial charge in [0.1, 0.15) is 0 Å². The monoisotopic (exact) mass is 250 g/mol. The second-order valence-corrected chi connectivity index (χ2v) is 3.86. The van der Waals surface area contributed by atoms with E-state index in [0.717, 1.165) is 21.5 Å². The highest BCUT2D eigenvalue weighted by Crippen LogP contribution is 2.21. The SMILES string of the molecule is Cn1c2ccccc2n2c(Br)nnc12. The maximum absolute atomic E-state index is 4.08. The maximum Gasteiger partial charge on any atom is 0.236 e. The lowest BCUT2D eigenvalue weighted by molar-refractivity contribution is 0.953. The largest absolute Gasteiger partial charge is 0.311 e. The van der Waals surface area contributed by atoms with Gasteiger partial charge in [-0.25, -0.2) is 0 Å². The fourth-order valence-electron chi connectivity index (χ4n) is 1.73. The average molecular weight is 251 g/mol. The number of benzene rings is 1. The molecular weight excluding hydrogens is 244 g/mol. The van der Waals surface area contributed by atoms with Gasteiger partial charge in [-0.2, -0.15) is 0 Å². The van der Waals surface area contributed by atoms with E-state index in [-0.39, 0.29) is 0 Å². The highest BCUT2D eigenvalue weighted by Gasteiger charge is 2.11. The molecule has 0 atom stereocenters. The Labute approximate surface area is 88.3 Å². The van der Waals surface area contributed by atoms with Crippen LogP contribution in [-0.2, 0) is 7.05 Å². The molecule has 3 aromatic rings. The summed E-state index contributed by atoms with van der Waals surface area (Å²) >= 11 is 3.38. The first-order valence-electron chi connectivity index (χ1n) is 4.23. The van der Waals surface area contributed by atoms with Gasteiger partial charge in [-0.05, 0) is 28.1 Å². The van der Waals surface area contributed by atoms with Crippen LogP contribution in [0, 0.1) is 0 Å². The van der Waals surface area contributed by atoms with E-state index in [9.17, 15) is 0 Å². The molecule has 0 saturated carbocycles. The molecule has 2 heterocycles. The molecule has 0 unspecified atom stereocenters. The molecule has 5 heteroatoms. The first-order valence-corrected chi connectivity index (χ1v) is 5.02. The third kappa shape index (κ3) is 0.824. The third-order valence-corrected chi connectivity index (χ3v) is 2.90. The van der Waals surface area contributed by atoms with Crippen molar-refractivity contribution in [3.63, 3.8) is 0 Å². The van der Waals surface area contributed by atoms with Crippen LogP contribution in [0.1, 0.15) is 0 Å². The quantitative estimate of drug-likeness (QED) is 0.612. The van der Waals surface area contributed by atoms with E-state index in [1.807, 2.05) is 28.1 Å². The minimum atomic E-state index is 0.740. The standard InChI is InChI=1S/C9H7BrN4/c1-13-6-4-2-3-5-7(6)14-8(10)11-12-9(13)14/h2-5H,1H3. The lowest BCUT2D eigenvalue weighted by Gasteiger charge is -1.92. The minimum absolute atomic E-state index is 0.740. The molecule has 0 aliphatic carbocycles. The van der Waals surface area contributed by atoms with Crippen molar-refractivity contribution in [3.05, 3.63) is 29.0 Å². The Morgan fingerprint density at radius 2 is 1.86 bits per heavy atom. The summed E-state index contributed by atoms with van der Waals surface area (Å²) in [6.07, 6.45) is 0. The molecule has 0 bridgehead atoms. The Morgan fingerprint density at radius 1 is 1.14 bits per heavy atom. The van der Waals surface area contributed by atoms with Gasteiger partial charge < -0.3 is 4.57 Å². The number of halogens is 1. The van der Waals surface area contributed by atoms with Gasteiger partial charge in [-0.15, -0.1) is 10.2 Å². The number of aromatic nitrogens is 4. The highest BCUT2D eigenvalue weighted by molar-refractivity contribution is 9.10. The van der Waals surface area contributed by atoms with Crippen LogP contribution >= 0.6 is 15.9 Å². The smallest absolute Gasteiger partial charge is 0.236 e. The zero-order valence-electron chi connectivity index (χ0n) is 7.48. The zero-order chi connectivity index (χ0) is 9.71. The number of hydrogen-bond donors (Lipinski definition) is 0. The van der Waals surface area contributed by atoms with Crippen LogP contribution in [0.15, 0.2) is 29.0 Å². The van der Waals surface area contributed by atoms with E-state index in [2.05, 4.69) is 38.3 Å². The predicted octanol–water partition coefficient (Wildman–Crippen LogP) is 1.98. The van der Waals surface area contributed by atoms with Crippen molar-refractivity contribution in [2.24, 2.45) is 7.05 Å². The van der Waals surface area contributed by atoms with E-state index in [1.165, 1.54) is 0 Å². The number of imidazole rings is 1. The van der Waals surface area contributed by atoms with Crippen LogP contribution in [0.4, 0.5) is 0 Å². The van der Waals surface area contributed by atoms with Crippen molar-refractivity contribution in [1.29, 1.82) is 0 Å². The van der Waals surface area contributed by atoms with Gasteiger partial charge in [-0.3, -0.25) is 4.40 Å². The molecule has 70 valence electrons. The first-order chi connectivity index (χ1) is 6.79. The summed E-state index contributed by atoms with van der Waals surface area (Å²) in [4.78, 5) is 0. The Balaban J connectivity index is 2.70. The van der Waals surface area contributed by atoms with Crippen molar-refractivity contribution in [2.75, 3.05) is 0 Å². The van der Waals surface area contributed by atoms with Gasteiger partial charge in [0, 0.05) is 7.05 Å². The summed E-state index contributed by atoms with van der Waals surface area (Å²) in [5, 5.41) is 8.06. The highest BCUT2D eigenvalue weighted by atomic mass is 79.9. The van der Waals surface area contributed by atoms with Crippen molar-refractivity contribution < 1.29 is 0 Å². The van der Waals surface area contributed by atoms with Gasteiger partial charge in [0.15, 0.2) is 0 Å². The number of para-hydroxylation sites is 2. The van der Waals surface area contributed by atoms with Crippen LogP contribution in [0.5, 0.6) is 0 Å². The molecule has 3 rings (SSSR count). The molecule has 0 saturated heterocycles. The fourth-order valence-corrected chi connectivity index (χ4v) is 2.16. The second kappa shape index (κ2) is 2.57. The van der Waals surface area contributed by atoms with Crippen molar-refractivity contribution >= 4 is 32.7 Å². The molecule has 14 heavy (non-hydrogen) atoms. The molecule has 0 N–H and O–H groups in total. The summed E-state index contributed by atoms with van der Waals surface area (Å²) in [6.45, 7) is 0. The normalized spacial score (nSPS) is 11.6. The number of hydrogen-bond acceptors (Lipinski definition) is 2. The Hall–Kier alpha value is -1.36. The van der Waals surface area contributed by atoms with E-state index in [4.69, 9.17) is 0 Å². The van der Waals surface area contributed by atoms with Gasteiger partial charge in [0.05, 0.1) is 11.0 Å². The molecule has 0 radical (unpaired) electrons. The van der Waals surface area contributed by atoms with E-state index < -0.39 is 0 Å². The number of aryl methyl sites for hydroxylation is 1. The molecule has 4 nitrogen and oxygen atoms in total. The van der Waals surface area contributed by atoms with Gasteiger partial charge in [0.2, 0.25) is 10.5 Å². The molecule has 0 aliphatic heterocycles. The predicted molar refractivity (Wildman–Crippen MR) is 57.2 cm³/mol. The molecule has 2 aromatic heterocycles. The lowest BCUT2D eigenvalue weighted by atomic mass is 10.3. The van der Waals surface area contributed by atoms with E-state index >= 15 is 0 Å². The molecule has 0 aliphatic rings. The Kier molecular flexibility index (Phi) is 1.47. The second-order valence-electron chi connectivity index (χ2n) is 3.15. The van der Waals surface area contributed by atoms with Crippen molar-refractivity contribution in [3.8, 4) is 0 Å². The van der Waals surface area contributed by atoms with Gasteiger partial charge >= 0.3 is 0 Å².